The number of aromatic nitrogens is 4. The zero-order chi connectivity index (χ0) is 24.6. The molecule has 2 aromatic carbocycles. The van der Waals surface area contributed by atoms with Crippen molar-refractivity contribution in [3.05, 3.63) is 65.6 Å². The smallest absolute Gasteiger partial charge is 0.240 e. The molecule has 0 saturated heterocycles. The number of rotatable bonds is 9. The molecule has 10 heteroatoms. The molecule has 0 amide bonds. The molecule has 1 fully saturated rings. The quantitative estimate of drug-likeness (QED) is 0.343. The molecule has 0 atom stereocenters. The second-order valence-corrected chi connectivity index (χ2v) is 10.5. The maximum Gasteiger partial charge on any atom is 0.240 e. The van der Waals surface area contributed by atoms with Gasteiger partial charge in [-0.3, -0.25) is 0 Å². The summed E-state index contributed by atoms with van der Waals surface area (Å²) in [6.07, 6.45) is 2.15. The molecule has 1 saturated carbocycles. The van der Waals surface area contributed by atoms with Crippen LogP contribution in [0.2, 0.25) is 0 Å². The Balaban J connectivity index is 1.37. The first-order valence-electron chi connectivity index (χ1n) is 11.6. The summed E-state index contributed by atoms with van der Waals surface area (Å²) in [6.45, 7) is 4.55. The minimum absolute atomic E-state index is 0.189. The highest BCUT2D eigenvalue weighted by atomic mass is 32.2. The van der Waals surface area contributed by atoms with Gasteiger partial charge >= 0.3 is 0 Å². The van der Waals surface area contributed by atoms with E-state index in [0.717, 1.165) is 41.1 Å². The van der Waals surface area contributed by atoms with Crippen LogP contribution in [0.4, 0.5) is 5.82 Å². The van der Waals surface area contributed by atoms with E-state index in [1.807, 2.05) is 23.7 Å². The van der Waals surface area contributed by atoms with Gasteiger partial charge in [0.15, 0.2) is 5.65 Å². The van der Waals surface area contributed by atoms with Gasteiger partial charge in [-0.05, 0) is 63.1 Å². The summed E-state index contributed by atoms with van der Waals surface area (Å²) in [4.78, 5) is 9.84. The molecule has 0 bridgehead atoms. The molecule has 35 heavy (non-hydrogen) atoms. The molecule has 2 aromatic heterocycles. The Hall–Kier alpha value is -3.50. The summed E-state index contributed by atoms with van der Waals surface area (Å²) in [5.41, 5.74) is 3.68. The third kappa shape index (κ3) is 4.85. The number of benzene rings is 2. The SMILES string of the molecule is COc1ccc(S(=O)(=O)NCCNc2nc(C3CC3)nc3c2c(C)nn3-c2ccc(C)cc2)cc1. The molecule has 0 radical (unpaired) electrons. The van der Waals surface area contributed by atoms with E-state index in [-0.39, 0.29) is 11.4 Å². The Labute approximate surface area is 204 Å². The third-order valence-corrected chi connectivity index (χ3v) is 7.50. The van der Waals surface area contributed by atoms with Crippen LogP contribution in [0, 0.1) is 13.8 Å². The van der Waals surface area contributed by atoms with Crippen LogP contribution in [-0.4, -0.2) is 48.4 Å². The zero-order valence-electron chi connectivity index (χ0n) is 19.9. The first-order chi connectivity index (χ1) is 16.9. The van der Waals surface area contributed by atoms with E-state index >= 15 is 0 Å². The van der Waals surface area contributed by atoms with Crippen LogP contribution in [0.3, 0.4) is 0 Å². The Morgan fingerprint density at radius 3 is 2.37 bits per heavy atom. The molecule has 1 aliphatic rings. The van der Waals surface area contributed by atoms with Gasteiger partial charge in [0, 0.05) is 19.0 Å². The summed E-state index contributed by atoms with van der Waals surface area (Å²) >= 11 is 0. The van der Waals surface area contributed by atoms with Crippen molar-refractivity contribution in [3.8, 4) is 11.4 Å². The lowest BCUT2D eigenvalue weighted by Crippen LogP contribution is -2.29. The number of fused-ring (bicyclic) bond motifs is 1. The highest BCUT2D eigenvalue weighted by molar-refractivity contribution is 7.89. The van der Waals surface area contributed by atoms with Crippen LogP contribution in [0.1, 0.15) is 35.8 Å². The average Bonchev–Trinajstić information content (AvgIpc) is 3.66. The minimum atomic E-state index is -3.63. The number of ether oxygens (including phenoxy) is 1. The fraction of sp³-hybridized carbons (Fsp3) is 0.320. The Morgan fingerprint density at radius 1 is 1.00 bits per heavy atom. The number of nitrogens with zero attached hydrogens (tertiary/aromatic N) is 4. The molecule has 0 unspecified atom stereocenters. The molecule has 0 aliphatic heterocycles. The van der Waals surface area contributed by atoms with Crippen molar-refractivity contribution in [3.63, 3.8) is 0 Å². The first kappa shape index (κ1) is 23.3. The Bertz CT molecular complexity index is 1460. The second-order valence-electron chi connectivity index (χ2n) is 8.74. The third-order valence-electron chi connectivity index (χ3n) is 6.02. The topological polar surface area (TPSA) is 111 Å². The van der Waals surface area contributed by atoms with Gasteiger partial charge in [0.2, 0.25) is 10.0 Å². The molecule has 0 spiro atoms. The molecule has 5 rings (SSSR count). The van der Waals surface area contributed by atoms with E-state index in [2.05, 4.69) is 29.1 Å². The van der Waals surface area contributed by atoms with Gasteiger partial charge in [-0.1, -0.05) is 17.7 Å². The van der Waals surface area contributed by atoms with Gasteiger partial charge < -0.3 is 10.1 Å². The predicted octanol–water partition coefficient (Wildman–Crippen LogP) is 3.71. The van der Waals surface area contributed by atoms with Gasteiger partial charge in [0.1, 0.15) is 17.4 Å². The lowest BCUT2D eigenvalue weighted by atomic mass is 10.2. The van der Waals surface area contributed by atoms with Crippen molar-refractivity contribution in [2.75, 3.05) is 25.5 Å². The van der Waals surface area contributed by atoms with Crippen molar-refractivity contribution in [2.24, 2.45) is 0 Å². The second kappa shape index (κ2) is 9.27. The highest BCUT2D eigenvalue weighted by Gasteiger charge is 2.29. The lowest BCUT2D eigenvalue weighted by molar-refractivity contribution is 0.414. The summed E-state index contributed by atoms with van der Waals surface area (Å²) in [6, 6.07) is 14.4. The van der Waals surface area contributed by atoms with Crippen molar-refractivity contribution in [1.82, 2.24) is 24.5 Å². The van der Waals surface area contributed by atoms with Crippen LogP contribution in [0.5, 0.6) is 5.75 Å². The molecular formula is C25H28N6O3S. The van der Waals surface area contributed by atoms with Crippen LogP contribution >= 0.6 is 0 Å². The number of nitrogens with one attached hydrogen (secondary N) is 2. The van der Waals surface area contributed by atoms with Crippen molar-refractivity contribution in [2.45, 2.75) is 37.5 Å². The predicted molar refractivity (Wildman–Crippen MR) is 135 cm³/mol. The Kier molecular flexibility index (Phi) is 6.16. The van der Waals surface area contributed by atoms with E-state index < -0.39 is 10.0 Å². The van der Waals surface area contributed by atoms with Crippen LogP contribution in [0.25, 0.3) is 16.7 Å². The van der Waals surface area contributed by atoms with Gasteiger partial charge in [-0.25, -0.2) is 27.8 Å². The van der Waals surface area contributed by atoms with Gasteiger partial charge in [-0.15, -0.1) is 0 Å². The maximum absolute atomic E-state index is 12.6. The van der Waals surface area contributed by atoms with Crippen molar-refractivity contribution < 1.29 is 13.2 Å². The fourth-order valence-electron chi connectivity index (χ4n) is 3.92. The van der Waals surface area contributed by atoms with E-state index in [4.69, 9.17) is 19.8 Å². The summed E-state index contributed by atoms with van der Waals surface area (Å²) < 4.78 is 34.8. The number of methoxy groups -OCH3 is 1. The number of aryl methyl sites for hydroxylation is 2. The van der Waals surface area contributed by atoms with Crippen molar-refractivity contribution in [1.29, 1.82) is 0 Å². The van der Waals surface area contributed by atoms with E-state index in [1.165, 1.54) is 17.7 Å². The zero-order valence-corrected chi connectivity index (χ0v) is 20.8. The summed E-state index contributed by atoms with van der Waals surface area (Å²) in [5.74, 6) is 2.44. The molecule has 2 N–H and O–H groups in total. The summed E-state index contributed by atoms with van der Waals surface area (Å²) in [7, 11) is -2.09. The highest BCUT2D eigenvalue weighted by Crippen LogP contribution is 2.40. The molecular weight excluding hydrogens is 464 g/mol. The monoisotopic (exact) mass is 492 g/mol. The Morgan fingerprint density at radius 2 is 1.71 bits per heavy atom. The molecule has 1 aliphatic carbocycles. The first-order valence-corrected chi connectivity index (χ1v) is 13.1. The van der Waals surface area contributed by atoms with Crippen molar-refractivity contribution >= 4 is 26.9 Å². The average molecular weight is 493 g/mol. The van der Waals surface area contributed by atoms with E-state index in [0.29, 0.717) is 24.0 Å². The number of hydrogen-bond donors (Lipinski definition) is 2. The number of sulfonamides is 1. The molecule has 9 nitrogen and oxygen atoms in total. The number of anilines is 1. The molecule has 4 aromatic rings. The van der Waals surface area contributed by atoms with Gasteiger partial charge in [-0.2, -0.15) is 5.10 Å². The number of hydrogen-bond acceptors (Lipinski definition) is 7. The van der Waals surface area contributed by atoms with Crippen LogP contribution in [0.15, 0.2) is 53.4 Å². The largest absolute Gasteiger partial charge is 0.497 e. The van der Waals surface area contributed by atoms with E-state index in [1.54, 1.807) is 19.2 Å². The molecule has 182 valence electrons. The van der Waals surface area contributed by atoms with E-state index in [9.17, 15) is 8.42 Å². The molecule has 2 heterocycles. The summed E-state index contributed by atoms with van der Waals surface area (Å²) in [5, 5.41) is 8.90. The standard InChI is InChI=1S/C25H28N6O3S/c1-16-4-8-19(9-5-16)31-25-22(17(2)30-31)24(28-23(29-25)18-6-7-18)26-14-15-27-35(32,33)21-12-10-20(34-3)11-13-21/h4-5,8-13,18,27H,6-7,14-15H2,1-3H3,(H,26,28,29). The van der Waals surface area contributed by atoms with Crippen LogP contribution < -0.4 is 14.8 Å². The van der Waals surface area contributed by atoms with Gasteiger partial charge in [0.25, 0.3) is 0 Å². The van der Waals surface area contributed by atoms with Gasteiger partial charge in [0.05, 0.1) is 28.8 Å². The maximum atomic E-state index is 12.6. The minimum Gasteiger partial charge on any atom is -0.497 e. The fourth-order valence-corrected chi connectivity index (χ4v) is 4.95. The normalized spacial score (nSPS) is 13.8. The lowest BCUT2D eigenvalue weighted by Gasteiger charge is -2.11. The van der Waals surface area contributed by atoms with Crippen LogP contribution in [-0.2, 0) is 10.0 Å².